The molecule has 0 aliphatic carbocycles. The van der Waals surface area contributed by atoms with Gasteiger partial charge in [0.05, 0.1) is 10.8 Å². The van der Waals surface area contributed by atoms with E-state index in [-0.39, 0.29) is 29.2 Å². The SMILES string of the molecule is O=C([C@@H]1CCCN(S(=O)(=O)c2ccc(N3CCCC3=O)cc2)C1)N1CCSCC1. The van der Waals surface area contributed by atoms with Gasteiger partial charge in [0.2, 0.25) is 21.8 Å². The third kappa shape index (κ3) is 4.32. The minimum atomic E-state index is -3.66. The first-order valence-electron chi connectivity index (χ1n) is 10.2. The molecule has 9 heteroatoms. The van der Waals surface area contributed by atoms with E-state index < -0.39 is 10.0 Å². The normalized spacial score (nSPS) is 24.1. The van der Waals surface area contributed by atoms with E-state index in [4.69, 9.17) is 0 Å². The minimum Gasteiger partial charge on any atom is -0.341 e. The fourth-order valence-electron chi connectivity index (χ4n) is 4.27. The fraction of sp³-hybridized carbons (Fsp3) is 0.600. The Labute approximate surface area is 176 Å². The van der Waals surface area contributed by atoms with Gasteiger partial charge < -0.3 is 9.80 Å². The molecular formula is C20H27N3O4S2. The number of hydrogen-bond acceptors (Lipinski definition) is 5. The molecule has 3 fully saturated rings. The Morgan fingerprint density at radius 3 is 2.38 bits per heavy atom. The molecule has 1 atom stereocenters. The second-order valence-electron chi connectivity index (χ2n) is 7.78. The molecule has 3 saturated heterocycles. The molecular weight excluding hydrogens is 410 g/mol. The first-order chi connectivity index (χ1) is 14.0. The summed E-state index contributed by atoms with van der Waals surface area (Å²) >= 11 is 1.85. The van der Waals surface area contributed by atoms with Gasteiger partial charge in [-0.05, 0) is 43.5 Å². The van der Waals surface area contributed by atoms with E-state index in [2.05, 4.69) is 0 Å². The standard InChI is InChI=1S/C20H27N3O4S2/c24-19-4-2-10-23(19)17-5-7-18(8-6-17)29(26,27)22-9-1-3-16(15-22)20(25)21-11-13-28-14-12-21/h5-8,16H,1-4,9-15H2/t16-/m1/s1. The van der Waals surface area contributed by atoms with Gasteiger partial charge in [0.25, 0.3) is 0 Å². The molecule has 4 rings (SSSR count). The number of carbonyl (C=O) groups is 2. The van der Waals surface area contributed by atoms with Gasteiger partial charge in [-0.3, -0.25) is 9.59 Å². The summed E-state index contributed by atoms with van der Waals surface area (Å²) in [4.78, 5) is 28.5. The maximum absolute atomic E-state index is 13.1. The molecule has 0 saturated carbocycles. The molecule has 7 nitrogen and oxygen atoms in total. The van der Waals surface area contributed by atoms with Crippen LogP contribution in [0.4, 0.5) is 5.69 Å². The second-order valence-corrected chi connectivity index (χ2v) is 10.9. The Morgan fingerprint density at radius 1 is 1.00 bits per heavy atom. The zero-order valence-corrected chi connectivity index (χ0v) is 18.1. The highest BCUT2D eigenvalue weighted by atomic mass is 32.2. The van der Waals surface area contributed by atoms with Gasteiger partial charge in [-0.2, -0.15) is 16.1 Å². The highest BCUT2D eigenvalue weighted by Gasteiger charge is 2.35. The quantitative estimate of drug-likeness (QED) is 0.718. The number of sulfonamides is 1. The van der Waals surface area contributed by atoms with Crippen LogP contribution >= 0.6 is 11.8 Å². The zero-order valence-electron chi connectivity index (χ0n) is 16.5. The lowest BCUT2D eigenvalue weighted by Crippen LogP contribution is -2.48. The zero-order chi connectivity index (χ0) is 20.4. The molecule has 2 amide bonds. The van der Waals surface area contributed by atoms with Gasteiger partial charge in [-0.1, -0.05) is 0 Å². The predicted octanol–water partition coefficient (Wildman–Crippen LogP) is 1.79. The van der Waals surface area contributed by atoms with E-state index in [1.807, 2.05) is 16.7 Å². The van der Waals surface area contributed by atoms with Crippen molar-refractivity contribution in [2.75, 3.05) is 49.1 Å². The summed E-state index contributed by atoms with van der Waals surface area (Å²) in [7, 11) is -3.66. The highest BCUT2D eigenvalue weighted by Crippen LogP contribution is 2.28. The van der Waals surface area contributed by atoms with Crippen LogP contribution in [0.15, 0.2) is 29.2 Å². The summed E-state index contributed by atoms with van der Waals surface area (Å²) < 4.78 is 27.7. The smallest absolute Gasteiger partial charge is 0.243 e. The average Bonchev–Trinajstić information content (AvgIpc) is 3.20. The van der Waals surface area contributed by atoms with Crippen LogP contribution in [0.25, 0.3) is 0 Å². The van der Waals surface area contributed by atoms with Crippen molar-refractivity contribution in [2.24, 2.45) is 5.92 Å². The van der Waals surface area contributed by atoms with Gasteiger partial charge in [-0.25, -0.2) is 8.42 Å². The van der Waals surface area contributed by atoms with Crippen LogP contribution in [0, 0.1) is 5.92 Å². The average molecular weight is 438 g/mol. The van der Waals surface area contributed by atoms with Gasteiger partial charge in [0.15, 0.2) is 0 Å². The number of carbonyl (C=O) groups excluding carboxylic acids is 2. The summed E-state index contributed by atoms with van der Waals surface area (Å²) in [5.74, 6) is 1.81. The number of rotatable bonds is 4. The molecule has 0 aromatic heterocycles. The van der Waals surface area contributed by atoms with Gasteiger partial charge in [0.1, 0.15) is 0 Å². The van der Waals surface area contributed by atoms with Crippen molar-refractivity contribution < 1.29 is 18.0 Å². The van der Waals surface area contributed by atoms with Gasteiger partial charge in [-0.15, -0.1) is 0 Å². The summed E-state index contributed by atoms with van der Waals surface area (Å²) in [6.07, 6.45) is 2.81. The molecule has 0 bridgehead atoms. The number of amides is 2. The second kappa shape index (κ2) is 8.65. The Bertz CT molecular complexity index is 866. The molecule has 1 aromatic carbocycles. The van der Waals surface area contributed by atoms with Crippen LogP contribution in [0.3, 0.4) is 0 Å². The number of benzene rings is 1. The lowest BCUT2D eigenvalue weighted by atomic mass is 9.98. The van der Waals surface area contributed by atoms with E-state index in [1.54, 1.807) is 29.2 Å². The topological polar surface area (TPSA) is 78.0 Å². The lowest BCUT2D eigenvalue weighted by molar-refractivity contribution is -0.136. The summed E-state index contributed by atoms with van der Waals surface area (Å²) in [5, 5.41) is 0. The molecule has 3 heterocycles. The monoisotopic (exact) mass is 437 g/mol. The van der Waals surface area contributed by atoms with Crippen LogP contribution in [-0.4, -0.2) is 73.7 Å². The van der Waals surface area contributed by atoms with E-state index in [0.717, 1.165) is 43.1 Å². The molecule has 29 heavy (non-hydrogen) atoms. The van der Waals surface area contributed by atoms with Gasteiger partial charge in [0, 0.05) is 56.3 Å². The predicted molar refractivity (Wildman–Crippen MR) is 113 cm³/mol. The molecule has 158 valence electrons. The number of nitrogens with zero attached hydrogens (tertiary/aromatic N) is 3. The first-order valence-corrected chi connectivity index (χ1v) is 12.8. The van der Waals surface area contributed by atoms with Crippen molar-refractivity contribution in [3.05, 3.63) is 24.3 Å². The Hall–Kier alpha value is -1.58. The summed E-state index contributed by atoms with van der Waals surface area (Å²) in [5.41, 5.74) is 0.737. The van der Waals surface area contributed by atoms with Crippen molar-refractivity contribution in [3.8, 4) is 0 Å². The minimum absolute atomic E-state index is 0.0779. The number of hydrogen-bond donors (Lipinski definition) is 0. The molecule has 0 spiro atoms. The number of anilines is 1. The van der Waals surface area contributed by atoms with Crippen molar-refractivity contribution >= 4 is 39.3 Å². The summed E-state index contributed by atoms with van der Waals surface area (Å²) in [6, 6.07) is 6.55. The third-order valence-corrected chi connectivity index (χ3v) is 8.74. The fourth-order valence-corrected chi connectivity index (χ4v) is 6.70. The number of piperidine rings is 1. The maximum Gasteiger partial charge on any atom is 0.243 e. The molecule has 3 aliphatic heterocycles. The molecule has 0 radical (unpaired) electrons. The molecule has 1 aromatic rings. The highest BCUT2D eigenvalue weighted by molar-refractivity contribution is 7.99. The third-order valence-electron chi connectivity index (χ3n) is 5.92. The van der Waals surface area contributed by atoms with Crippen LogP contribution in [0.1, 0.15) is 25.7 Å². The van der Waals surface area contributed by atoms with Crippen molar-refractivity contribution in [1.82, 2.24) is 9.21 Å². The molecule has 0 unspecified atom stereocenters. The van der Waals surface area contributed by atoms with E-state index in [9.17, 15) is 18.0 Å². The largest absolute Gasteiger partial charge is 0.341 e. The van der Waals surface area contributed by atoms with Crippen LogP contribution in [0.5, 0.6) is 0 Å². The van der Waals surface area contributed by atoms with Crippen molar-refractivity contribution in [3.63, 3.8) is 0 Å². The lowest BCUT2D eigenvalue weighted by Gasteiger charge is -2.35. The van der Waals surface area contributed by atoms with E-state index in [1.165, 1.54) is 4.31 Å². The van der Waals surface area contributed by atoms with Crippen LogP contribution < -0.4 is 4.90 Å². The van der Waals surface area contributed by atoms with Crippen LogP contribution in [-0.2, 0) is 19.6 Å². The van der Waals surface area contributed by atoms with Crippen molar-refractivity contribution in [1.29, 1.82) is 0 Å². The van der Waals surface area contributed by atoms with Gasteiger partial charge >= 0.3 is 0 Å². The Balaban J connectivity index is 1.46. The number of thioether (sulfide) groups is 1. The van der Waals surface area contributed by atoms with Crippen LogP contribution in [0.2, 0.25) is 0 Å². The van der Waals surface area contributed by atoms with E-state index >= 15 is 0 Å². The maximum atomic E-state index is 13.1. The molecule has 3 aliphatic rings. The Kier molecular flexibility index (Phi) is 6.17. The summed E-state index contributed by atoms with van der Waals surface area (Å²) in [6.45, 7) is 2.87. The molecule has 0 N–H and O–H groups in total. The van der Waals surface area contributed by atoms with E-state index in [0.29, 0.717) is 25.9 Å². The van der Waals surface area contributed by atoms with Crippen molar-refractivity contribution in [2.45, 2.75) is 30.6 Å². The Morgan fingerprint density at radius 2 is 1.72 bits per heavy atom. The first kappa shape index (κ1) is 20.7.